The van der Waals surface area contributed by atoms with E-state index in [1.807, 2.05) is 13.8 Å². The van der Waals surface area contributed by atoms with Gasteiger partial charge in [0.1, 0.15) is 12.2 Å². The van der Waals surface area contributed by atoms with Gasteiger partial charge in [0.15, 0.2) is 0 Å². The molecule has 4 unspecified atom stereocenters. The molecule has 0 aliphatic heterocycles. The number of ether oxygens (including phenoxy) is 2. The van der Waals surface area contributed by atoms with Crippen molar-refractivity contribution in [3.63, 3.8) is 0 Å². The molecule has 1 rings (SSSR count). The van der Waals surface area contributed by atoms with E-state index in [4.69, 9.17) is 9.47 Å². The Morgan fingerprint density at radius 1 is 0.769 bits per heavy atom. The molecule has 1 fully saturated rings. The van der Waals surface area contributed by atoms with Crippen molar-refractivity contribution in [2.45, 2.75) is 117 Å². The van der Waals surface area contributed by atoms with Gasteiger partial charge in [-0.2, -0.15) is 0 Å². The number of carbonyl (C=O) groups is 2. The van der Waals surface area contributed by atoms with Crippen LogP contribution in [-0.4, -0.2) is 24.1 Å². The Balaban J connectivity index is 2.62. The molecule has 0 aromatic rings. The summed E-state index contributed by atoms with van der Waals surface area (Å²) in [5.74, 6) is -0.263. The van der Waals surface area contributed by atoms with Crippen LogP contribution < -0.4 is 0 Å². The quantitative estimate of drug-likeness (QED) is 0.407. The van der Waals surface area contributed by atoms with Crippen LogP contribution in [0.2, 0.25) is 0 Å². The highest BCUT2D eigenvalue weighted by molar-refractivity contribution is 5.73. The van der Waals surface area contributed by atoms with E-state index in [2.05, 4.69) is 13.8 Å². The molecule has 0 heterocycles. The fourth-order valence-corrected chi connectivity index (χ4v) is 3.70. The molecule has 0 amide bonds. The third-order valence-electron chi connectivity index (χ3n) is 5.64. The molecule has 0 N–H and O–H groups in total. The van der Waals surface area contributed by atoms with Crippen molar-refractivity contribution in [2.24, 2.45) is 11.8 Å². The van der Waals surface area contributed by atoms with Crippen LogP contribution in [0.4, 0.5) is 0 Å². The van der Waals surface area contributed by atoms with E-state index in [-0.39, 0.29) is 36.0 Å². The molecule has 1 aliphatic rings. The predicted octanol–water partition coefficient (Wildman–Crippen LogP) is 5.82. The van der Waals surface area contributed by atoms with Gasteiger partial charge in [-0.15, -0.1) is 0 Å². The maximum Gasteiger partial charge on any atom is 0.309 e. The van der Waals surface area contributed by atoms with Crippen LogP contribution in [0, 0.1) is 11.8 Å². The number of carbonyl (C=O) groups excluding carboxylic acids is 2. The van der Waals surface area contributed by atoms with Gasteiger partial charge in [0, 0.05) is 0 Å². The molecule has 26 heavy (non-hydrogen) atoms. The van der Waals surface area contributed by atoms with E-state index in [1.165, 1.54) is 0 Å². The zero-order chi connectivity index (χ0) is 19.4. The predicted molar refractivity (Wildman–Crippen MR) is 105 cm³/mol. The molecule has 1 saturated carbocycles. The van der Waals surface area contributed by atoms with E-state index < -0.39 is 0 Å². The lowest BCUT2D eigenvalue weighted by Crippen LogP contribution is -2.40. The van der Waals surface area contributed by atoms with E-state index in [0.717, 1.165) is 77.0 Å². The summed E-state index contributed by atoms with van der Waals surface area (Å²) in [6.07, 6.45) is 10.8. The summed E-state index contributed by atoms with van der Waals surface area (Å²) in [6, 6.07) is 0. The zero-order valence-electron chi connectivity index (χ0n) is 17.4. The smallest absolute Gasteiger partial charge is 0.309 e. The third kappa shape index (κ3) is 7.67. The van der Waals surface area contributed by atoms with Crippen molar-refractivity contribution in [2.75, 3.05) is 0 Å². The first-order valence-corrected chi connectivity index (χ1v) is 11.0. The average Bonchev–Trinajstić information content (AvgIpc) is 2.64. The Labute approximate surface area is 160 Å². The van der Waals surface area contributed by atoms with Crippen molar-refractivity contribution in [1.29, 1.82) is 0 Å². The topological polar surface area (TPSA) is 52.6 Å². The Hall–Kier alpha value is -1.06. The lowest BCUT2D eigenvalue weighted by molar-refractivity contribution is -0.177. The normalized spacial score (nSPS) is 22.5. The second-order valence-electron chi connectivity index (χ2n) is 7.73. The van der Waals surface area contributed by atoms with Crippen molar-refractivity contribution >= 4 is 11.9 Å². The van der Waals surface area contributed by atoms with Crippen LogP contribution >= 0.6 is 0 Å². The standard InChI is InChI=1S/C22H40O4/c1-5-9-13-17(7-3)21(23)25-19-15-11-12-16-20(19)26-22(24)18(8-4)14-10-6-2/h17-20H,5-16H2,1-4H3. The number of hydrogen-bond donors (Lipinski definition) is 0. The number of hydrogen-bond acceptors (Lipinski definition) is 4. The van der Waals surface area contributed by atoms with E-state index >= 15 is 0 Å². The average molecular weight is 369 g/mol. The van der Waals surface area contributed by atoms with Gasteiger partial charge in [0.2, 0.25) is 0 Å². The molecule has 4 heteroatoms. The third-order valence-corrected chi connectivity index (χ3v) is 5.64. The van der Waals surface area contributed by atoms with Crippen LogP contribution in [0.5, 0.6) is 0 Å². The molecular formula is C22H40O4. The fraction of sp³-hybridized carbons (Fsp3) is 0.909. The number of unbranched alkanes of at least 4 members (excludes halogenated alkanes) is 2. The first-order valence-electron chi connectivity index (χ1n) is 11.0. The highest BCUT2D eigenvalue weighted by Gasteiger charge is 2.34. The van der Waals surface area contributed by atoms with Gasteiger partial charge in [0.05, 0.1) is 11.8 Å². The summed E-state index contributed by atoms with van der Waals surface area (Å²) < 4.78 is 11.7. The summed E-state index contributed by atoms with van der Waals surface area (Å²) >= 11 is 0. The van der Waals surface area contributed by atoms with Crippen LogP contribution in [-0.2, 0) is 19.1 Å². The van der Waals surface area contributed by atoms with Crippen molar-refractivity contribution in [3.05, 3.63) is 0 Å². The highest BCUT2D eigenvalue weighted by Crippen LogP contribution is 2.27. The molecular weight excluding hydrogens is 328 g/mol. The first kappa shape index (κ1) is 23.0. The van der Waals surface area contributed by atoms with Gasteiger partial charge < -0.3 is 9.47 Å². The van der Waals surface area contributed by atoms with Gasteiger partial charge >= 0.3 is 11.9 Å². The van der Waals surface area contributed by atoms with Gasteiger partial charge in [-0.1, -0.05) is 53.4 Å². The first-order chi connectivity index (χ1) is 12.6. The van der Waals surface area contributed by atoms with E-state index in [9.17, 15) is 9.59 Å². The second kappa shape index (κ2) is 13.2. The number of esters is 2. The summed E-state index contributed by atoms with van der Waals surface area (Å²) in [5.41, 5.74) is 0. The Morgan fingerprint density at radius 3 is 1.46 bits per heavy atom. The molecule has 1 aliphatic carbocycles. The summed E-state index contributed by atoms with van der Waals surface area (Å²) in [4.78, 5) is 25.1. The Kier molecular flexibility index (Phi) is 11.6. The van der Waals surface area contributed by atoms with Crippen molar-refractivity contribution < 1.29 is 19.1 Å². The van der Waals surface area contributed by atoms with Gasteiger partial charge in [-0.05, 0) is 51.4 Å². The molecule has 0 aromatic heterocycles. The minimum Gasteiger partial charge on any atom is -0.458 e. The summed E-state index contributed by atoms with van der Waals surface area (Å²) in [5, 5.41) is 0. The zero-order valence-corrected chi connectivity index (χ0v) is 17.4. The van der Waals surface area contributed by atoms with Gasteiger partial charge in [-0.25, -0.2) is 0 Å². The minimum absolute atomic E-state index is 0.0267. The highest BCUT2D eigenvalue weighted by atomic mass is 16.6. The molecule has 152 valence electrons. The van der Waals surface area contributed by atoms with Crippen LogP contribution in [0.1, 0.15) is 105 Å². The monoisotopic (exact) mass is 368 g/mol. The van der Waals surface area contributed by atoms with Crippen LogP contribution in [0.25, 0.3) is 0 Å². The van der Waals surface area contributed by atoms with Gasteiger partial charge in [-0.3, -0.25) is 9.59 Å². The molecule has 4 nitrogen and oxygen atoms in total. The lowest BCUT2D eigenvalue weighted by atomic mass is 9.93. The summed E-state index contributed by atoms with van der Waals surface area (Å²) in [6.45, 7) is 8.35. The molecule has 0 aromatic carbocycles. The SMILES string of the molecule is CCCCC(CC)C(=O)OC1CCCCC1OC(=O)C(CC)CCCC. The van der Waals surface area contributed by atoms with Crippen LogP contribution in [0.15, 0.2) is 0 Å². The fourth-order valence-electron chi connectivity index (χ4n) is 3.70. The van der Waals surface area contributed by atoms with Crippen molar-refractivity contribution in [1.82, 2.24) is 0 Å². The lowest BCUT2D eigenvalue weighted by Gasteiger charge is -2.32. The maximum absolute atomic E-state index is 12.5. The Bertz CT molecular complexity index is 369. The maximum atomic E-state index is 12.5. The van der Waals surface area contributed by atoms with Crippen molar-refractivity contribution in [3.8, 4) is 0 Å². The molecule has 0 radical (unpaired) electrons. The van der Waals surface area contributed by atoms with E-state index in [1.54, 1.807) is 0 Å². The number of rotatable bonds is 12. The van der Waals surface area contributed by atoms with Crippen LogP contribution in [0.3, 0.4) is 0 Å². The van der Waals surface area contributed by atoms with Gasteiger partial charge in [0.25, 0.3) is 0 Å². The Morgan fingerprint density at radius 2 is 1.15 bits per heavy atom. The largest absolute Gasteiger partial charge is 0.458 e. The molecule has 0 spiro atoms. The minimum atomic E-state index is -0.264. The molecule has 0 saturated heterocycles. The second-order valence-corrected chi connectivity index (χ2v) is 7.73. The van der Waals surface area contributed by atoms with E-state index in [0.29, 0.717) is 0 Å². The molecule has 0 bridgehead atoms. The summed E-state index contributed by atoms with van der Waals surface area (Å²) in [7, 11) is 0. The molecule has 4 atom stereocenters.